The largest absolute Gasteiger partial charge is 0.354 e. The van der Waals surface area contributed by atoms with Gasteiger partial charge in [0.1, 0.15) is 12.6 Å². The lowest BCUT2D eigenvalue weighted by Gasteiger charge is -2.33. The van der Waals surface area contributed by atoms with E-state index in [0.717, 1.165) is 28.3 Å². The molecule has 0 bridgehead atoms. The lowest BCUT2D eigenvalue weighted by molar-refractivity contribution is -0.139. The second-order valence-electron chi connectivity index (χ2n) is 9.79. The summed E-state index contributed by atoms with van der Waals surface area (Å²) in [6.07, 6.45) is 2.59. The molecular formula is C31H37Cl2N3O4S. The van der Waals surface area contributed by atoms with Gasteiger partial charge in [0.25, 0.3) is 10.0 Å². The number of unbranched alkanes of at least 4 members (excludes halogenated alkanes) is 1. The minimum atomic E-state index is -4.23. The molecule has 0 fully saturated rings. The predicted octanol–water partition coefficient (Wildman–Crippen LogP) is 6.26. The van der Waals surface area contributed by atoms with Gasteiger partial charge in [-0.3, -0.25) is 13.9 Å². The molecule has 0 spiro atoms. The van der Waals surface area contributed by atoms with Gasteiger partial charge in [-0.15, -0.1) is 0 Å². The Balaban J connectivity index is 2.02. The number of amides is 2. The van der Waals surface area contributed by atoms with Gasteiger partial charge in [0.2, 0.25) is 11.8 Å². The highest BCUT2D eigenvalue weighted by Gasteiger charge is 2.34. The zero-order valence-corrected chi connectivity index (χ0v) is 26.0. The molecule has 0 radical (unpaired) electrons. The van der Waals surface area contributed by atoms with Crippen molar-refractivity contribution >= 4 is 50.7 Å². The van der Waals surface area contributed by atoms with E-state index in [4.69, 9.17) is 23.2 Å². The van der Waals surface area contributed by atoms with E-state index in [1.807, 2.05) is 51.1 Å². The third-order valence-corrected chi connectivity index (χ3v) is 9.37. The predicted molar refractivity (Wildman–Crippen MR) is 166 cm³/mol. The summed E-state index contributed by atoms with van der Waals surface area (Å²) in [7, 11) is -4.23. The molecule has 10 heteroatoms. The van der Waals surface area contributed by atoms with E-state index in [-0.39, 0.29) is 33.1 Å². The zero-order valence-electron chi connectivity index (χ0n) is 23.6. The van der Waals surface area contributed by atoms with Crippen LogP contribution in [-0.4, -0.2) is 50.8 Å². The Labute approximate surface area is 253 Å². The summed E-state index contributed by atoms with van der Waals surface area (Å²) in [4.78, 5) is 28.8. The van der Waals surface area contributed by atoms with Crippen LogP contribution in [0.25, 0.3) is 0 Å². The van der Waals surface area contributed by atoms with Gasteiger partial charge in [-0.05, 0) is 56.0 Å². The Hall–Kier alpha value is -3.07. The van der Waals surface area contributed by atoms with Gasteiger partial charge in [0.15, 0.2) is 0 Å². The van der Waals surface area contributed by atoms with Gasteiger partial charge < -0.3 is 10.2 Å². The van der Waals surface area contributed by atoms with Crippen molar-refractivity contribution in [2.45, 2.75) is 57.4 Å². The smallest absolute Gasteiger partial charge is 0.264 e. The van der Waals surface area contributed by atoms with Crippen LogP contribution in [0.2, 0.25) is 10.0 Å². The summed E-state index contributed by atoms with van der Waals surface area (Å²) >= 11 is 12.8. The highest BCUT2D eigenvalue weighted by atomic mass is 35.5. The molecule has 0 aliphatic carbocycles. The van der Waals surface area contributed by atoms with Gasteiger partial charge >= 0.3 is 0 Å². The first-order chi connectivity index (χ1) is 19.6. The van der Waals surface area contributed by atoms with Crippen molar-refractivity contribution in [2.24, 2.45) is 0 Å². The van der Waals surface area contributed by atoms with Crippen LogP contribution in [-0.2, 0) is 26.0 Å². The summed E-state index contributed by atoms with van der Waals surface area (Å²) in [5.74, 6) is -0.791. The second-order valence-corrected chi connectivity index (χ2v) is 12.4. The zero-order chi connectivity index (χ0) is 30.0. The third kappa shape index (κ3) is 8.47. The van der Waals surface area contributed by atoms with Crippen LogP contribution in [0.3, 0.4) is 0 Å². The van der Waals surface area contributed by atoms with Crippen molar-refractivity contribution < 1.29 is 18.0 Å². The van der Waals surface area contributed by atoms with Crippen LogP contribution >= 0.6 is 23.2 Å². The van der Waals surface area contributed by atoms with Crippen LogP contribution in [0.5, 0.6) is 0 Å². The number of benzene rings is 3. The Bertz CT molecular complexity index is 1420. The monoisotopic (exact) mass is 617 g/mol. The summed E-state index contributed by atoms with van der Waals surface area (Å²) < 4.78 is 28.9. The summed E-state index contributed by atoms with van der Waals surface area (Å²) in [6.45, 7) is 5.88. The van der Waals surface area contributed by atoms with Crippen molar-refractivity contribution in [3.8, 4) is 0 Å². The van der Waals surface area contributed by atoms with Crippen LogP contribution < -0.4 is 9.62 Å². The fourth-order valence-electron chi connectivity index (χ4n) is 4.44. The number of hydrogen-bond acceptors (Lipinski definition) is 4. The number of sulfonamides is 1. The number of rotatable bonds is 14. The van der Waals surface area contributed by atoms with E-state index in [2.05, 4.69) is 5.32 Å². The maximum Gasteiger partial charge on any atom is 0.264 e. The molecule has 1 N–H and O–H groups in total. The standard InChI is InChI=1S/C31H37Cl2N3O4S/c1-4-6-20-34-31(38)27(5-2)35(21-19-24-11-8-7-9-12-24)29(37)22-36(28-14-10-13-26(32)30(28)33)41(39,40)25-17-15-23(3)16-18-25/h7-18,27H,4-6,19-22H2,1-3H3,(H,34,38)/t27-/m1/s1. The first-order valence-electron chi connectivity index (χ1n) is 13.7. The van der Waals surface area contributed by atoms with Crippen molar-refractivity contribution in [3.05, 3.63) is 94.0 Å². The molecule has 3 aromatic rings. The Morgan fingerprint density at radius 1 is 0.927 bits per heavy atom. The molecule has 220 valence electrons. The average Bonchev–Trinajstić information content (AvgIpc) is 2.96. The first kappa shape index (κ1) is 32.4. The van der Waals surface area contributed by atoms with E-state index in [0.29, 0.717) is 19.4 Å². The van der Waals surface area contributed by atoms with Gasteiger partial charge in [-0.1, -0.05) is 97.6 Å². The van der Waals surface area contributed by atoms with Gasteiger partial charge in [-0.25, -0.2) is 8.42 Å². The first-order valence-corrected chi connectivity index (χ1v) is 15.9. The molecule has 0 aliphatic rings. The van der Waals surface area contributed by atoms with Crippen LogP contribution in [0.4, 0.5) is 5.69 Å². The SMILES string of the molecule is CCCCNC(=O)[C@@H](CC)N(CCc1ccccc1)C(=O)CN(c1cccc(Cl)c1Cl)S(=O)(=O)c1ccc(C)cc1. The van der Waals surface area contributed by atoms with Gasteiger partial charge in [0, 0.05) is 13.1 Å². The second kappa shape index (κ2) is 15.2. The molecule has 3 rings (SSSR count). The maximum absolute atomic E-state index is 14.1. The fourth-order valence-corrected chi connectivity index (χ4v) is 6.31. The highest BCUT2D eigenvalue weighted by molar-refractivity contribution is 7.92. The summed E-state index contributed by atoms with van der Waals surface area (Å²) in [5.41, 5.74) is 1.96. The lowest BCUT2D eigenvalue weighted by atomic mass is 10.1. The van der Waals surface area contributed by atoms with Crippen molar-refractivity contribution in [1.82, 2.24) is 10.2 Å². The molecule has 0 saturated heterocycles. The molecule has 0 saturated carbocycles. The third-order valence-electron chi connectivity index (χ3n) is 6.79. The minimum absolute atomic E-state index is 0.00660. The highest BCUT2D eigenvalue weighted by Crippen LogP contribution is 2.35. The van der Waals surface area contributed by atoms with Gasteiger partial charge in [-0.2, -0.15) is 0 Å². The van der Waals surface area contributed by atoms with E-state index in [1.54, 1.807) is 24.3 Å². The summed E-state index contributed by atoms with van der Waals surface area (Å²) in [6, 6.07) is 19.8. The molecule has 0 aliphatic heterocycles. The molecule has 1 atom stereocenters. The number of hydrogen-bond donors (Lipinski definition) is 1. The maximum atomic E-state index is 14.1. The number of nitrogens with zero attached hydrogens (tertiary/aromatic N) is 2. The van der Waals surface area contributed by atoms with Crippen molar-refractivity contribution in [1.29, 1.82) is 0 Å². The normalized spacial score (nSPS) is 12.0. The quantitative estimate of drug-likeness (QED) is 0.216. The van der Waals surface area contributed by atoms with E-state index in [9.17, 15) is 18.0 Å². The molecule has 3 aromatic carbocycles. The number of nitrogens with one attached hydrogen (secondary N) is 1. The minimum Gasteiger partial charge on any atom is -0.354 e. The van der Waals surface area contributed by atoms with Crippen molar-refractivity contribution in [2.75, 3.05) is 23.9 Å². The fraction of sp³-hybridized carbons (Fsp3) is 0.355. The van der Waals surface area contributed by atoms with E-state index < -0.39 is 28.5 Å². The number of halogens is 2. The molecular weight excluding hydrogens is 581 g/mol. The number of carbonyl (C=O) groups is 2. The van der Waals surface area contributed by atoms with Gasteiger partial charge in [0.05, 0.1) is 20.6 Å². The van der Waals surface area contributed by atoms with Crippen LogP contribution in [0, 0.1) is 6.92 Å². The topological polar surface area (TPSA) is 86.8 Å². The van der Waals surface area contributed by atoms with Crippen LogP contribution in [0.1, 0.15) is 44.2 Å². The Morgan fingerprint density at radius 3 is 2.24 bits per heavy atom. The van der Waals surface area contributed by atoms with Crippen molar-refractivity contribution in [3.63, 3.8) is 0 Å². The Kier molecular flexibility index (Phi) is 12.1. The number of aryl methyl sites for hydroxylation is 1. The number of anilines is 1. The van der Waals surface area contributed by atoms with Crippen LogP contribution in [0.15, 0.2) is 77.7 Å². The number of carbonyl (C=O) groups excluding carboxylic acids is 2. The van der Waals surface area contributed by atoms with E-state index >= 15 is 0 Å². The molecule has 41 heavy (non-hydrogen) atoms. The lowest BCUT2D eigenvalue weighted by Crippen LogP contribution is -2.53. The van der Waals surface area contributed by atoms with E-state index in [1.165, 1.54) is 23.1 Å². The molecule has 0 unspecified atom stereocenters. The molecule has 0 aromatic heterocycles. The summed E-state index contributed by atoms with van der Waals surface area (Å²) in [5, 5.41) is 3.10. The molecule has 2 amide bonds. The molecule has 7 nitrogen and oxygen atoms in total. The molecule has 0 heterocycles. The Morgan fingerprint density at radius 2 is 1.61 bits per heavy atom. The average molecular weight is 619 g/mol.